The number of imidazole rings is 1. The van der Waals surface area contributed by atoms with Gasteiger partial charge in [-0.1, -0.05) is 19.4 Å². The smallest absolute Gasteiger partial charge is 0.273 e. The molecule has 0 unspecified atom stereocenters. The van der Waals surface area contributed by atoms with Gasteiger partial charge >= 0.3 is 0 Å². The molecule has 0 atom stereocenters. The normalized spacial score (nSPS) is 10.8. The third-order valence-corrected chi connectivity index (χ3v) is 3.09. The lowest BCUT2D eigenvalue weighted by Crippen LogP contribution is -2.27. The fourth-order valence-corrected chi connectivity index (χ4v) is 1.95. The van der Waals surface area contributed by atoms with Crippen LogP contribution in [0.15, 0.2) is 24.5 Å². The number of hydrogen-bond donors (Lipinski definition) is 0. The van der Waals surface area contributed by atoms with E-state index in [0.29, 0.717) is 5.69 Å². The Morgan fingerprint density at radius 1 is 1.50 bits per heavy atom. The zero-order valence-corrected chi connectivity index (χ0v) is 11.2. The van der Waals surface area contributed by atoms with Gasteiger partial charge in [-0.05, 0) is 25.0 Å². The van der Waals surface area contributed by atoms with Crippen LogP contribution in [0.4, 0.5) is 0 Å². The van der Waals surface area contributed by atoms with Crippen LogP contribution in [0.3, 0.4) is 0 Å². The maximum atomic E-state index is 12.2. The summed E-state index contributed by atoms with van der Waals surface area (Å²) in [7, 11) is 1.83. The quantitative estimate of drug-likeness (QED) is 0.830. The van der Waals surface area contributed by atoms with Gasteiger partial charge in [0, 0.05) is 26.0 Å². The van der Waals surface area contributed by atoms with Crippen molar-refractivity contribution in [1.82, 2.24) is 14.3 Å². The highest BCUT2D eigenvalue weighted by molar-refractivity contribution is 5.92. The second-order valence-electron chi connectivity index (χ2n) is 4.63. The number of hydrogen-bond acceptors (Lipinski definition) is 2. The summed E-state index contributed by atoms with van der Waals surface area (Å²) in [5, 5.41) is 0. The highest BCUT2D eigenvalue weighted by atomic mass is 16.2. The molecular formula is C14H19N3O. The minimum absolute atomic E-state index is 0.00782. The molecule has 0 spiro atoms. The fourth-order valence-electron chi connectivity index (χ4n) is 1.95. The van der Waals surface area contributed by atoms with E-state index < -0.39 is 0 Å². The summed E-state index contributed by atoms with van der Waals surface area (Å²) >= 11 is 0. The molecule has 0 aliphatic rings. The highest BCUT2D eigenvalue weighted by Gasteiger charge is 2.15. The number of aryl methyl sites for hydroxylation is 1. The molecule has 2 aromatic rings. The minimum Gasteiger partial charge on any atom is -0.340 e. The molecule has 0 radical (unpaired) electrons. The van der Waals surface area contributed by atoms with E-state index in [1.165, 1.54) is 0 Å². The molecule has 0 bridgehead atoms. The summed E-state index contributed by atoms with van der Waals surface area (Å²) in [4.78, 5) is 18.3. The number of nitrogens with zero attached hydrogens (tertiary/aromatic N) is 3. The molecule has 0 aromatic carbocycles. The molecule has 0 aliphatic heterocycles. The number of unbranched alkanes of at least 4 members (excludes halogenated alkanes) is 1. The molecular weight excluding hydrogens is 226 g/mol. The van der Waals surface area contributed by atoms with E-state index in [1.54, 1.807) is 11.1 Å². The summed E-state index contributed by atoms with van der Waals surface area (Å²) in [6.45, 7) is 4.90. The molecule has 0 fully saturated rings. The maximum Gasteiger partial charge on any atom is 0.273 e. The van der Waals surface area contributed by atoms with Crippen LogP contribution in [0.1, 0.15) is 35.8 Å². The molecule has 96 valence electrons. The monoisotopic (exact) mass is 245 g/mol. The lowest BCUT2D eigenvalue weighted by Gasteiger charge is -2.14. The summed E-state index contributed by atoms with van der Waals surface area (Å²) in [6, 6.07) is 3.95. The molecule has 18 heavy (non-hydrogen) atoms. The van der Waals surface area contributed by atoms with Gasteiger partial charge in [-0.25, -0.2) is 4.98 Å². The number of pyridine rings is 1. The first-order valence-corrected chi connectivity index (χ1v) is 6.33. The van der Waals surface area contributed by atoms with Gasteiger partial charge < -0.3 is 9.30 Å². The highest BCUT2D eigenvalue weighted by Crippen LogP contribution is 2.11. The third-order valence-electron chi connectivity index (χ3n) is 3.09. The topological polar surface area (TPSA) is 37.6 Å². The Morgan fingerprint density at radius 3 is 2.94 bits per heavy atom. The molecule has 4 heteroatoms. The van der Waals surface area contributed by atoms with Gasteiger partial charge in [0.1, 0.15) is 11.3 Å². The lowest BCUT2D eigenvalue weighted by molar-refractivity contribution is 0.0788. The average Bonchev–Trinajstić information content (AvgIpc) is 2.80. The SMILES string of the molecule is CCCCN(C)C(=O)c1cn2cccc(C)c2n1. The first-order valence-electron chi connectivity index (χ1n) is 6.33. The number of carbonyl (C=O) groups excluding carboxylic acids is 1. The Hall–Kier alpha value is -1.84. The van der Waals surface area contributed by atoms with E-state index in [-0.39, 0.29) is 5.91 Å². The van der Waals surface area contributed by atoms with Crippen LogP contribution >= 0.6 is 0 Å². The van der Waals surface area contributed by atoms with Crippen molar-refractivity contribution in [2.75, 3.05) is 13.6 Å². The second kappa shape index (κ2) is 5.21. The Labute approximate surface area is 107 Å². The molecule has 1 amide bonds. The predicted molar refractivity (Wildman–Crippen MR) is 71.8 cm³/mol. The average molecular weight is 245 g/mol. The first-order chi connectivity index (χ1) is 8.63. The molecule has 2 heterocycles. The van der Waals surface area contributed by atoms with Gasteiger partial charge in [-0.3, -0.25) is 4.79 Å². The fraction of sp³-hybridized carbons (Fsp3) is 0.429. The Balaban J connectivity index is 2.25. The number of rotatable bonds is 4. The summed E-state index contributed by atoms with van der Waals surface area (Å²) in [5.41, 5.74) is 2.44. The molecule has 4 nitrogen and oxygen atoms in total. The van der Waals surface area contributed by atoms with Crippen LogP contribution in [0.2, 0.25) is 0 Å². The maximum absolute atomic E-state index is 12.2. The molecule has 0 N–H and O–H groups in total. The molecule has 2 rings (SSSR count). The summed E-state index contributed by atoms with van der Waals surface area (Å²) < 4.78 is 1.90. The largest absolute Gasteiger partial charge is 0.340 e. The minimum atomic E-state index is -0.00782. The first kappa shape index (κ1) is 12.6. The molecule has 2 aromatic heterocycles. The molecule has 0 aliphatic carbocycles. The van der Waals surface area contributed by atoms with E-state index in [1.807, 2.05) is 36.7 Å². The van der Waals surface area contributed by atoms with Gasteiger partial charge in [0.2, 0.25) is 0 Å². The number of carbonyl (C=O) groups is 1. The zero-order chi connectivity index (χ0) is 13.1. The van der Waals surface area contributed by atoms with Crippen molar-refractivity contribution in [3.63, 3.8) is 0 Å². The van der Waals surface area contributed by atoms with Gasteiger partial charge in [-0.15, -0.1) is 0 Å². The van der Waals surface area contributed by atoms with Crippen LogP contribution in [-0.4, -0.2) is 33.8 Å². The second-order valence-corrected chi connectivity index (χ2v) is 4.63. The van der Waals surface area contributed by atoms with Crippen LogP contribution in [0.25, 0.3) is 5.65 Å². The van der Waals surface area contributed by atoms with E-state index in [4.69, 9.17) is 0 Å². The van der Waals surface area contributed by atoms with Crippen molar-refractivity contribution in [2.24, 2.45) is 0 Å². The van der Waals surface area contributed by atoms with Crippen LogP contribution in [0.5, 0.6) is 0 Å². The molecule has 0 saturated heterocycles. The van der Waals surface area contributed by atoms with Crippen molar-refractivity contribution in [3.8, 4) is 0 Å². The summed E-state index contributed by atoms with van der Waals surface area (Å²) in [5.74, 6) is -0.00782. The van der Waals surface area contributed by atoms with E-state index in [0.717, 1.165) is 30.6 Å². The summed E-state index contributed by atoms with van der Waals surface area (Å²) in [6.07, 6.45) is 5.82. The molecule has 0 saturated carbocycles. The van der Waals surface area contributed by atoms with Crippen LogP contribution < -0.4 is 0 Å². The van der Waals surface area contributed by atoms with Crippen molar-refractivity contribution in [3.05, 3.63) is 35.8 Å². The van der Waals surface area contributed by atoms with Crippen molar-refractivity contribution in [1.29, 1.82) is 0 Å². The van der Waals surface area contributed by atoms with E-state index >= 15 is 0 Å². The van der Waals surface area contributed by atoms with E-state index in [9.17, 15) is 4.79 Å². The van der Waals surface area contributed by atoms with Crippen LogP contribution in [-0.2, 0) is 0 Å². The Bertz CT molecular complexity index is 559. The third kappa shape index (κ3) is 2.37. The van der Waals surface area contributed by atoms with Crippen molar-refractivity contribution < 1.29 is 4.79 Å². The number of aromatic nitrogens is 2. The van der Waals surface area contributed by atoms with Gasteiger partial charge in [0.05, 0.1) is 0 Å². The lowest BCUT2D eigenvalue weighted by atomic mass is 10.3. The van der Waals surface area contributed by atoms with Gasteiger partial charge in [-0.2, -0.15) is 0 Å². The predicted octanol–water partition coefficient (Wildman–Crippen LogP) is 2.51. The van der Waals surface area contributed by atoms with E-state index in [2.05, 4.69) is 11.9 Å². The Kier molecular flexibility index (Phi) is 3.65. The van der Waals surface area contributed by atoms with Crippen molar-refractivity contribution in [2.45, 2.75) is 26.7 Å². The van der Waals surface area contributed by atoms with Gasteiger partial charge in [0.25, 0.3) is 5.91 Å². The van der Waals surface area contributed by atoms with Crippen molar-refractivity contribution >= 4 is 11.6 Å². The zero-order valence-electron chi connectivity index (χ0n) is 11.2. The number of fused-ring (bicyclic) bond motifs is 1. The van der Waals surface area contributed by atoms with Gasteiger partial charge in [0.15, 0.2) is 0 Å². The van der Waals surface area contributed by atoms with Crippen LogP contribution in [0, 0.1) is 6.92 Å². The Morgan fingerprint density at radius 2 is 2.28 bits per heavy atom. The standard InChI is InChI=1S/C14H19N3O/c1-4-5-8-16(3)14(18)12-10-17-9-6-7-11(2)13(17)15-12/h6-7,9-10H,4-5,8H2,1-3H3. The number of amides is 1.